The van der Waals surface area contributed by atoms with Crippen LogP contribution in [0.2, 0.25) is 0 Å². The first-order chi connectivity index (χ1) is 15.1. The molecule has 4 rings (SSSR count). The minimum absolute atomic E-state index is 0.0956. The van der Waals surface area contributed by atoms with Gasteiger partial charge in [0.2, 0.25) is 0 Å². The zero-order valence-electron chi connectivity index (χ0n) is 17.5. The molecule has 1 saturated heterocycles. The topological polar surface area (TPSA) is 87.8 Å². The molecule has 8 heteroatoms. The first kappa shape index (κ1) is 20.5. The molecule has 2 aromatic carbocycles. The largest absolute Gasteiger partial charge is 0.497 e. The van der Waals surface area contributed by atoms with Crippen molar-refractivity contribution in [3.05, 3.63) is 65.9 Å². The second-order valence-corrected chi connectivity index (χ2v) is 7.18. The molecule has 1 aliphatic heterocycles. The molecule has 8 nitrogen and oxygen atoms in total. The standard InChI is InChI=1S/C23H24N4O4/c1-30-17-8-9-18(20(14-17)31-2)22(28)26-10-12-27(13-11-26)23(29)19-15-24-25-21(19)16-6-4-3-5-7-16/h3-9,14-15H,10-13H2,1-2H3,(H,24,25). The molecular weight excluding hydrogens is 396 g/mol. The van der Waals surface area contributed by atoms with Crippen molar-refractivity contribution in [1.29, 1.82) is 0 Å². The summed E-state index contributed by atoms with van der Waals surface area (Å²) in [5.74, 6) is 0.869. The third kappa shape index (κ3) is 4.09. The Morgan fingerprint density at radius 2 is 1.52 bits per heavy atom. The van der Waals surface area contributed by atoms with Crippen LogP contribution in [0.5, 0.6) is 11.5 Å². The van der Waals surface area contributed by atoms with Gasteiger partial charge in [-0.05, 0) is 12.1 Å². The lowest BCUT2D eigenvalue weighted by molar-refractivity contribution is 0.0534. The van der Waals surface area contributed by atoms with Gasteiger partial charge in [0.05, 0.1) is 37.2 Å². The number of hydrogen-bond acceptors (Lipinski definition) is 5. The van der Waals surface area contributed by atoms with E-state index in [4.69, 9.17) is 9.47 Å². The Bertz CT molecular complexity index is 1070. The number of aromatic nitrogens is 2. The van der Waals surface area contributed by atoms with E-state index in [1.807, 2.05) is 30.3 Å². The molecule has 31 heavy (non-hydrogen) atoms. The van der Waals surface area contributed by atoms with Crippen molar-refractivity contribution in [1.82, 2.24) is 20.0 Å². The molecule has 0 atom stereocenters. The summed E-state index contributed by atoms with van der Waals surface area (Å²) < 4.78 is 10.6. The van der Waals surface area contributed by atoms with Crippen LogP contribution in [-0.4, -0.2) is 72.2 Å². The quantitative estimate of drug-likeness (QED) is 0.686. The van der Waals surface area contributed by atoms with E-state index in [1.165, 1.54) is 7.11 Å². The summed E-state index contributed by atoms with van der Waals surface area (Å²) in [5, 5.41) is 7.00. The molecule has 0 aliphatic carbocycles. The van der Waals surface area contributed by atoms with Crippen LogP contribution < -0.4 is 9.47 Å². The maximum Gasteiger partial charge on any atom is 0.257 e. The average molecular weight is 420 g/mol. The van der Waals surface area contributed by atoms with Gasteiger partial charge in [0, 0.05) is 37.8 Å². The number of rotatable bonds is 5. The summed E-state index contributed by atoms with van der Waals surface area (Å²) in [7, 11) is 3.09. The van der Waals surface area contributed by atoms with Crippen molar-refractivity contribution in [2.24, 2.45) is 0 Å². The number of benzene rings is 2. The third-order valence-electron chi connectivity index (χ3n) is 5.43. The van der Waals surface area contributed by atoms with Crippen molar-refractivity contribution < 1.29 is 19.1 Å². The van der Waals surface area contributed by atoms with Gasteiger partial charge in [-0.1, -0.05) is 30.3 Å². The predicted octanol–water partition coefficient (Wildman–Crippen LogP) is 2.69. The van der Waals surface area contributed by atoms with Crippen LogP contribution in [0, 0.1) is 0 Å². The smallest absolute Gasteiger partial charge is 0.257 e. The highest BCUT2D eigenvalue weighted by Gasteiger charge is 2.28. The summed E-state index contributed by atoms with van der Waals surface area (Å²) in [6, 6.07) is 14.8. The number of carbonyl (C=O) groups is 2. The van der Waals surface area contributed by atoms with Crippen LogP contribution in [0.15, 0.2) is 54.7 Å². The number of nitrogens with zero attached hydrogens (tertiary/aromatic N) is 3. The van der Waals surface area contributed by atoms with Crippen LogP contribution in [0.3, 0.4) is 0 Å². The number of methoxy groups -OCH3 is 2. The minimum atomic E-state index is -0.125. The molecule has 0 saturated carbocycles. The number of nitrogens with one attached hydrogen (secondary N) is 1. The summed E-state index contributed by atoms with van der Waals surface area (Å²) in [6.45, 7) is 1.78. The first-order valence-electron chi connectivity index (χ1n) is 10.0. The number of aromatic amines is 1. The second-order valence-electron chi connectivity index (χ2n) is 7.18. The van der Waals surface area contributed by atoms with Gasteiger partial charge in [0.1, 0.15) is 11.5 Å². The highest BCUT2D eigenvalue weighted by molar-refractivity contribution is 6.00. The van der Waals surface area contributed by atoms with Gasteiger partial charge in [-0.2, -0.15) is 5.10 Å². The van der Waals surface area contributed by atoms with E-state index in [0.29, 0.717) is 54.5 Å². The van der Waals surface area contributed by atoms with E-state index in [-0.39, 0.29) is 11.8 Å². The molecule has 1 N–H and O–H groups in total. The molecule has 3 aromatic rings. The fourth-order valence-electron chi connectivity index (χ4n) is 3.70. The van der Waals surface area contributed by atoms with Gasteiger partial charge in [0.15, 0.2) is 0 Å². The van der Waals surface area contributed by atoms with E-state index in [2.05, 4.69) is 10.2 Å². The summed E-state index contributed by atoms with van der Waals surface area (Å²) >= 11 is 0. The number of amides is 2. The van der Waals surface area contributed by atoms with Gasteiger partial charge in [-0.3, -0.25) is 14.7 Å². The summed E-state index contributed by atoms with van der Waals surface area (Å²) in [6.07, 6.45) is 1.56. The van der Waals surface area contributed by atoms with Crippen molar-refractivity contribution in [3.8, 4) is 22.8 Å². The van der Waals surface area contributed by atoms with E-state index in [9.17, 15) is 9.59 Å². The van der Waals surface area contributed by atoms with Crippen molar-refractivity contribution in [2.75, 3.05) is 40.4 Å². The van der Waals surface area contributed by atoms with E-state index in [0.717, 1.165) is 5.56 Å². The van der Waals surface area contributed by atoms with Crippen LogP contribution in [0.4, 0.5) is 0 Å². The lowest BCUT2D eigenvalue weighted by Gasteiger charge is -2.35. The highest BCUT2D eigenvalue weighted by atomic mass is 16.5. The number of H-pyrrole nitrogens is 1. The zero-order valence-corrected chi connectivity index (χ0v) is 17.5. The first-order valence-corrected chi connectivity index (χ1v) is 10.0. The van der Waals surface area contributed by atoms with Crippen LogP contribution in [0.25, 0.3) is 11.3 Å². The van der Waals surface area contributed by atoms with E-state index in [1.54, 1.807) is 41.3 Å². The maximum absolute atomic E-state index is 13.1. The summed E-state index contributed by atoms with van der Waals surface area (Å²) in [5.41, 5.74) is 2.61. The van der Waals surface area contributed by atoms with E-state index < -0.39 is 0 Å². The molecule has 0 radical (unpaired) electrons. The molecule has 160 valence electrons. The molecular formula is C23H24N4O4. The van der Waals surface area contributed by atoms with Crippen molar-refractivity contribution in [3.63, 3.8) is 0 Å². The Hall–Kier alpha value is -3.81. The summed E-state index contributed by atoms with van der Waals surface area (Å²) in [4.78, 5) is 29.6. The monoisotopic (exact) mass is 420 g/mol. The normalized spacial score (nSPS) is 13.7. The minimum Gasteiger partial charge on any atom is -0.497 e. The molecule has 1 fully saturated rings. The van der Waals surface area contributed by atoms with Crippen LogP contribution in [0.1, 0.15) is 20.7 Å². The molecule has 0 spiro atoms. The Morgan fingerprint density at radius 1 is 0.871 bits per heavy atom. The lowest BCUT2D eigenvalue weighted by atomic mass is 10.1. The maximum atomic E-state index is 13.1. The number of carbonyl (C=O) groups excluding carboxylic acids is 2. The fourth-order valence-corrected chi connectivity index (χ4v) is 3.70. The average Bonchev–Trinajstić information content (AvgIpc) is 3.33. The highest BCUT2D eigenvalue weighted by Crippen LogP contribution is 2.27. The Balaban J connectivity index is 1.44. The second kappa shape index (κ2) is 8.91. The zero-order chi connectivity index (χ0) is 21.8. The van der Waals surface area contributed by atoms with Crippen molar-refractivity contribution in [2.45, 2.75) is 0 Å². The number of piperazine rings is 1. The fraction of sp³-hybridized carbons (Fsp3) is 0.261. The van der Waals surface area contributed by atoms with Crippen LogP contribution >= 0.6 is 0 Å². The van der Waals surface area contributed by atoms with Crippen molar-refractivity contribution >= 4 is 11.8 Å². The molecule has 2 amide bonds. The van der Waals surface area contributed by atoms with Gasteiger partial charge < -0.3 is 19.3 Å². The molecule has 0 unspecified atom stereocenters. The Kier molecular flexibility index (Phi) is 5.88. The molecule has 1 aliphatic rings. The van der Waals surface area contributed by atoms with Gasteiger partial charge >= 0.3 is 0 Å². The Morgan fingerprint density at radius 3 is 2.13 bits per heavy atom. The van der Waals surface area contributed by atoms with Gasteiger partial charge in [-0.25, -0.2) is 0 Å². The van der Waals surface area contributed by atoms with Gasteiger partial charge in [0.25, 0.3) is 11.8 Å². The molecule has 2 heterocycles. The molecule has 1 aromatic heterocycles. The SMILES string of the molecule is COc1ccc(C(=O)N2CCN(C(=O)c3cn[nH]c3-c3ccccc3)CC2)c(OC)c1. The molecule has 0 bridgehead atoms. The predicted molar refractivity (Wildman–Crippen MR) is 115 cm³/mol. The van der Waals surface area contributed by atoms with Crippen LogP contribution in [-0.2, 0) is 0 Å². The lowest BCUT2D eigenvalue weighted by Crippen LogP contribution is -2.50. The third-order valence-corrected chi connectivity index (χ3v) is 5.43. The van der Waals surface area contributed by atoms with E-state index >= 15 is 0 Å². The number of hydrogen-bond donors (Lipinski definition) is 1. The van der Waals surface area contributed by atoms with Gasteiger partial charge in [-0.15, -0.1) is 0 Å². The Labute approximate surface area is 180 Å². The number of ether oxygens (including phenoxy) is 2.